The number of amides is 1. The minimum absolute atomic E-state index is 0.0662. The molecule has 0 N–H and O–H groups in total. The summed E-state index contributed by atoms with van der Waals surface area (Å²) in [6.45, 7) is 2.37. The zero-order valence-electron chi connectivity index (χ0n) is 19.2. The Bertz CT molecular complexity index is 1460. The number of nitro groups is 1. The molecule has 4 aromatic rings. The van der Waals surface area contributed by atoms with Crippen LogP contribution in [-0.4, -0.2) is 41.1 Å². The van der Waals surface area contributed by atoms with Crippen LogP contribution >= 0.6 is 0 Å². The van der Waals surface area contributed by atoms with E-state index in [9.17, 15) is 19.7 Å². The molecule has 1 aliphatic carbocycles. The number of para-hydroxylation sites is 2. The van der Waals surface area contributed by atoms with Gasteiger partial charge in [0.1, 0.15) is 23.9 Å². The van der Waals surface area contributed by atoms with E-state index in [1.54, 1.807) is 18.2 Å². The molecule has 10 nitrogen and oxygen atoms in total. The van der Waals surface area contributed by atoms with Crippen LogP contribution in [0, 0.1) is 16.0 Å². The SMILES string of the molecule is CC(C1CC1)N(Cc1ccccc1)C(=O)Cn1cnc2c(cnn2-c2ccccc2[N+](=O)[O-])c1=O. The predicted molar refractivity (Wildman–Crippen MR) is 129 cm³/mol. The van der Waals surface area contributed by atoms with Crippen molar-refractivity contribution in [1.29, 1.82) is 0 Å². The minimum atomic E-state index is -0.509. The second-order valence-electron chi connectivity index (χ2n) is 8.80. The van der Waals surface area contributed by atoms with E-state index in [0.717, 1.165) is 18.4 Å². The van der Waals surface area contributed by atoms with Gasteiger partial charge in [-0.25, -0.2) is 9.67 Å². The third-order valence-electron chi connectivity index (χ3n) is 6.48. The predicted octanol–water partition coefficient (Wildman–Crippen LogP) is 3.32. The number of carbonyl (C=O) groups is 1. The Morgan fingerprint density at radius 1 is 1.17 bits per heavy atom. The molecule has 5 rings (SSSR count). The van der Waals surface area contributed by atoms with Crippen LogP contribution in [0.15, 0.2) is 71.9 Å². The summed E-state index contributed by atoms with van der Waals surface area (Å²) in [6, 6.07) is 16.0. The molecule has 0 saturated heterocycles. The molecule has 1 amide bonds. The molecular weight excluding hydrogens is 448 g/mol. The maximum atomic E-state index is 13.4. The molecule has 0 radical (unpaired) electrons. The maximum Gasteiger partial charge on any atom is 0.294 e. The molecule has 1 unspecified atom stereocenters. The lowest BCUT2D eigenvalue weighted by molar-refractivity contribution is -0.384. The molecule has 1 saturated carbocycles. The summed E-state index contributed by atoms with van der Waals surface area (Å²) in [4.78, 5) is 43.7. The molecule has 2 aromatic carbocycles. The Balaban J connectivity index is 1.45. The molecule has 35 heavy (non-hydrogen) atoms. The Labute approximate surface area is 200 Å². The summed E-state index contributed by atoms with van der Waals surface area (Å²) in [5.74, 6) is 0.308. The minimum Gasteiger partial charge on any atom is -0.334 e. The fraction of sp³-hybridized carbons (Fsp3) is 0.280. The van der Waals surface area contributed by atoms with Crippen molar-refractivity contribution < 1.29 is 9.72 Å². The number of hydrogen-bond donors (Lipinski definition) is 0. The zero-order chi connectivity index (χ0) is 24.5. The van der Waals surface area contributed by atoms with Crippen LogP contribution in [0.3, 0.4) is 0 Å². The van der Waals surface area contributed by atoms with Crippen molar-refractivity contribution in [3.8, 4) is 5.69 Å². The van der Waals surface area contributed by atoms with Crippen molar-refractivity contribution in [3.63, 3.8) is 0 Å². The van der Waals surface area contributed by atoms with Crippen LogP contribution in [0.2, 0.25) is 0 Å². The molecule has 0 aliphatic heterocycles. The smallest absolute Gasteiger partial charge is 0.294 e. The molecule has 0 bridgehead atoms. The van der Waals surface area contributed by atoms with Crippen LogP contribution in [0.1, 0.15) is 25.3 Å². The van der Waals surface area contributed by atoms with Crippen molar-refractivity contribution in [1.82, 2.24) is 24.2 Å². The van der Waals surface area contributed by atoms with Gasteiger partial charge in [0.25, 0.3) is 11.2 Å². The third-order valence-corrected chi connectivity index (χ3v) is 6.48. The number of rotatable bonds is 8. The van der Waals surface area contributed by atoms with Crippen LogP contribution in [0.5, 0.6) is 0 Å². The molecule has 10 heteroatoms. The summed E-state index contributed by atoms with van der Waals surface area (Å²) in [5, 5.41) is 15.8. The van der Waals surface area contributed by atoms with Gasteiger partial charge < -0.3 is 4.90 Å². The first-order chi connectivity index (χ1) is 16.9. The lowest BCUT2D eigenvalue weighted by Crippen LogP contribution is -2.42. The molecule has 2 aromatic heterocycles. The molecular formula is C25H24N6O4. The van der Waals surface area contributed by atoms with Crippen molar-refractivity contribution in [2.45, 2.75) is 38.9 Å². The topological polar surface area (TPSA) is 116 Å². The van der Waals surface area contributed by atoms with Crippen molar-refractivity contribution >= 4 is 22.6 Å². The largest absolute Gasteiger partial charge is 0.334 e. The lowest BCUT2D eigenvalue weighted by atomic mass is 10.1. The Kier molecular flexibility index (Phi) is 5.86. The average molecular weight is 473 g/mol. The first-order valence-corrected chi connectivity index (χ1v) is 11.4. The van der Waals surface area contributed by atoms with Crippen LogP contribution in [0.25, 0.3) is 16.7 Å². The van der Waals surface area contributed by atoms with Crippen LogP contribution in [-0.2, 0) is 17.9 Å². The quantitative estimate of drug-likeness (QED) is 0.287. The van der Waals surface area contributed by atoms with Crippen LogP contribution in [0.4, 0.5) is 5.69 Å². The molecule has 178 valence electrons. The fourth-order valence-electron chi connectivity index (χ4n) is 4.34. The second kappa shape index (κ2) is 9.13. The number of hydrogen-bond acceptors (Lipinski definition) is 6. The van der Waals surface area contributed by atoms with E-state index in [1.807, 2.05) is 35.2 Å². The van der Waals surface area contributed by atoms with E-state index in [4.69, 9.17) is 0 Å². The summed E-state index contributed by atoms with van der Waals surface area (Å²) in [6.07, 6.45) is 4.82. The first-order valence-electron chi connectivity index (χ1n) is 11.4. The number of fused-ring (bicyclic) bond motifs is 1. The standard InChI is InChI=1S/C25H24N6O4/c1-17(19-11-12-19)29(14-18-7-3-2-4-8-18)23(32)15-28-16-26-24-20(25(28)33)13-27-30(24)21-9-5-6-10-22(21)31(34)35/h2-10,13,16-17,19H,11-12,14-15H2,1H3. The second-order valence-corrected chi connectivity index (χ2v) is 8.80. The first kappa shape index (κ1) is 22.5. The van der Waals surface area contributed by atoms with Crippen LogP contribution < -0.4 is 5.56 Å². The monoisotopic (exact) mass is 472 g/mol. The number of benzene rings is 2. The average Bonchev–Trinajstić information content (AvgIpc) is 3.63. The number of nitrogens with zero attached hydrogens (tertiary/aromatic N) is 6. The third kappa shape index (κ3) is 4.42. The van der Waals surface area contributed by atoms with E-state index in [1.165, 1.54) is 27.8 Å². The highest BCUT2D eigenvalue weighted by molar-refractivity contribution is 5.78. The lowest BCUT2D eigenvalue weighted by Gasteiger charge is -2.30. The normalized spacial score (nSPS) is 14.1. The van der Waals surface area contributed by atoms with Crippen molar-refractivity contribution in [2.75, 3.05) is 0 Å². The summed E-state index contributed by atoms with van der Waals surface area (Å²) < 4.78 is 2.55. The van der Waals surface area contributed by atoms with Crippen molar-refractivity contribution in [3.05, 3.63) is 93.2 Å². The van der Waals surface area contributed by atoms with Gasteiger partial charge in [-0.15, -0.1) is 0 Å². The Morgan fingerprint density at radius 2 is 1.89 bits per heavy atom. The van der Waals surface area contributed by atoms with Gasteiger partial charge in [-0.05, 0) is 37.3 Å². The van der Waals surface area contributed by atoms with Gasteiger partial charge in [0.2, 0.25) is 5.91 Å². The van der Waals surface area contributed by atoms with E-state index in [0.29, 0.717) is 12.5 Å². The van der Waals surface area contributed by atoms with Gasteiger partial charge in [0.15, 0.2) is 5.65 Å². The number of carbonyl (C=O) groups excluding carboxylic acids is 1. The number of nitro benzene ring substituents is 1. The highest BCUT2D eigenvalue weighted by Crippen LogP contribution is 2.35. The summed E-state index contributed by atoms with van der Waals surface area (Å²) >= 11 is 0. The molecule has 1 fully saturated rings. The van der Waals surface area contributed by atoms with Gasteiger partial charge in [-0.1, -0.05) is 42.5 Å². The molecule has 0 spiro atoms. The summed E-state index contributed by atoms with van der Waals surface area (Å²) in [5.41, 5.74) is 0.859. The maximum absolute atomic E-state index is 13.4. The Hall–Kier alpha value is -4.34. The van der Waals surface area contributed by atoms with Crippen molar-refractivity contribution in [2.24, 2.45) is 5.92 Å². The number of aromatic nitrogens is 4. The Morgan fingerprint density at radius 3 is 2.60 bits per heavy atom. The highest BCUT2D eigenvalue weighted by atomic mass is 16.6. The van der Waals surface area contributed by atoms with E-state index in [-0.39, 0.29) is 40.9 Å². The van der Waals surface area contributed by atoms with Gasteiger partial charge in [0, 0.05) is 18.7 Å². The fourth-order valence-corrected chi connectivity index (χ4v) is 4.34. The zero-order valence-corrected chi connectivity index (χ0v) is 19.2. The highest BCUT2D eigenvalue weighted by Gasteiger charge is 2.34. The molecule has 1 aliphatic rings. The molecule has 1 atom stereocenters. The van der Waals surface area contributed by atoms with E-state index in [2.05, 4.69) is 17.0 Å². The summed E-state index contributed by atoms with van der Waals surface area (Å²) in [7, 11) is 0. The van der Waals surface area contributed by atoms with E-state index >= 15 is 0 Å². The van der Waals surface area contributed by atoms with Gasteiger partial charge in [0.05, 0.1) is 11.1 Å². The van der Waals surface area contributed by atoms with E-state index < -0.39 is 10.5 Å². The van der Waals surface area contributed by atoms with Gasteiger partial charge >= 0.3 is 0 Å². The van der Waals surface area contributed by atoms with Gasteiger partial charge in [-0.3, -0.25) is 24.3 Å². The molecule has 2 heterocycles. The van der Waals surface area contributed by atoms with Gasteiger partial charge in [-0.2, -0.15) is 5.10 Å².